The first-order chi connectivity index (χ1) is 12.0. The lowest BCUT2D eigenvalue weighted by atomic mass is 10.1. The number of carbonyl (C=O) groups excluding carboxylic acids is 2. The van der Waals surface area contributed by atoms with Crippen molar-refractivity contribution in [2.75, 3.05) is 12.9 Å². The van der Waals surface area contributed by atoms with E-state index in [0.29, 0.717) is 10.5 Å². The zero-order valence-electron chi connectivity index (χ0n) is 13.7. The van der Waals surface area contributed by atoms with E-state index in [0.717, 1.165) is 0 Å². The number of hydrogen-bond acceptors (Lipinski definition) is 5. The van der Waals surface area contributed by atoms with Gasteiger partial charge in [-0.05, 0) is 42.8 Å². The van der Waals surface area contributed by atoms with E-state index in [1.807, 2.05) is 6.07 Å². The highest BCUT2D eigenvalue weighted by molar-refractivity contribution is 7.85. The summed E-state index contributed by atoms with van der Waals surface area (Å²) in [6.45, 7) is 0. The molecule has 2 rings (SSSR count). The Balaban J connectivity index is 2.01. The lowest BCUT2D eigenvalue weighted by Crippen LogP contribution is -2.42. The van der Waals surface area contributed by atoms with Crippen LogP contribution in [0.4, 0.5) is 0 Å². The molecule has 0 aliphatic rings. The molecule has 0 spiro atoms. The van der Waals surface area contributed by atoms with Gasteiger partial charge in [0.05, 0.1) is 17.9 Å². The van der Waals surface area contributed by atoms with E-state index in [-0.39, 0.29) is 17.9 Å². The van der Waals surface area contributed by atoms with Gasteiger partial charge in [0.2, 0.25) is 0 Å². The van der Waals surface area contributed by atoms with Crippen molar-refractivity contribution in [3.8, 4) is 5.75 Å². The van der Waals surface area contributed by atoms with Gasteiger partial charge in [0, 0.05) is 16.2 Å². The average Bonchev–Trinajstić information content (AvgIpc) is 2.65. The molecule has 0 heterocycles. The maximum atomic E-state index is 12.3. The lowest BCUT2D eigenvalue weighted by molar-refractivity contribution is -0.142. The Bertz CT molecular complexity index is 746. The van der Waals surface area contributed by atoms with Gasteiger partial charge >= 0.3 is 5.97 Å². The molecule has 1 amide bonds. The maximum Gasteiger partial charge on any atom is 0.328 e. The van der Waals surface area contributed by atoms with Crippen LogP contribution in [0.1, 0.15) is 16.8 Å². The predicted octanol–water partition coefficient (Wildman–Crippen LogP) is 1.86. The summed E-state index contributed by atoms with van der Waals surface area (Å²) >= 11 is 0. The van der Waals surface area contributed by atoms with E-state index in [1.165, 1.54) is 31.4 Å². The van der Waals surface area contributed by atoms with E-state index in [4.69, 9.17) is 4.74 Å². The number of rotatable bonds is 7. The molecule has 2 aromatic carbocycles. The van der Waals surface area contributed by atoms with Crippen molar-refractivity contribution in [3.05, 3.63) is 60.2 Å². The fourth-order valence-electron chi connectivity index (χ4n) is 2.16. The minimum absolute atomic E-state index is 0.0410. The highest BCUT2D eigenvalue weighted by atomic mass is 32.2. The number of carbonyl (C=O) groups is 2. The predicted molar refractivity (Wildman–Crippen MR) is 93.7 cm³/mol. The molecule has 2 N–H and O–H groups in total. The molecule has 25 heavy (non-hydrogen) atoms. The zero-order valence-corrected chi connectivity index (χ0v) is 14.5. The third-order valence-corrected chi connectivity index (χ3v) is 4.92. The first-order valence-electron chi connectivity index (χ1n) is 7.62. The fraction of sp³-hybridized carbons (Fsp3) is 0.222. The zero-order chi connectivity index (χ0) is 18.2. The van der Waals surface area contributed by atoms with E-state index in [9.17, 15) is 18.9 Å². The van der Waals surface area contributed by atoms with Crippen LogP contribution in [0.2, 0.25) is 0 Å². The number of benzene rings is 2. The Morgan fingerprint density at radius 3 is 2.36 bits per heavy atom. The molecule has 0 aliphatic carbocycles. The van der Waals surface area contributed by atoms with Crippen LogP contribution < -0.4 is 5.32 Å². The van der Waals surface area contributed by atoms with Gasteiger partial charge in [-0.2, -0.15) is 0 Å². The fourth-order valence-corrected chi connectivity index (χ4v) is 3.31. The van der Waals surface area contributed by atoms with Crippen molar-refractivity contribution in [2.45, 2.75) is 17.4 Å². The molecule has 2 aromatic rings. The number of phenolic OH excluding ortho intramolecular Hbond substituents is 1. The summed E-state index contributed by atoms with van der Waals surface area (Å²) in [5, 5.41) is 11.8. The van der Waals surface area contributed by atoms with E-state index >= 15 is 0 Å². The molecule has 132 valence electrons. The Kier molecular flexibility index (Phi) is 6.71. The number of phenols is 1. The standard InChI is InChI=1S/C18H19NO5S/c1-24-18(22)16(11-12-25(23)15-5-3-2-4-6-15)19-17(21)13-7-9-14(20)10-8-13/h2-10,16,20H,11-12H2,1H3,(H,19,21)/t16-,25+/m1/s1. The molecule has 0 unspecified atom stereocenters. The summed E-state index contributed by atoms with van der Waals surface area (Å²) in [6.07, 6.45) is 0.179. The topological polar surface area (TPSA) is 92.7 Å². The first-order valence-corrected chi connectivity index (χ1v) is 8.94. The minimum atomic E-state index is -1.28. The summed E-state index contributed by atoms with van der Waals surface area (Å²) in [5.74, 6) is -0.822. The van der Waals surface area contributed by atoms with Crippen LogP contribution in [0.25, 0.3) is 0 Å². The summed E-state index contributed by atoms with van der Waals surface area (Å²) in [5.41, 5.74) is 0.302. The monoisotopic (exact) mass is 361 g/mol. The van der Waals surface area contributed by atoms with Crippen molar-refractivity contribution >= 4 is 22.7 Å². The van der Waals surface area contributed by atoms with Crippen molar-refractivity contribution < 1.29 is 23.6 Å². The largest absolute Gasteiger partial charge is 0.508 e. The molecule has 0 radical (unpaired) electrons. The first kappa shape index (κ1) is 18.7. The number of hydrogen-bond donors (Lipinski definition) is 2. The van der Waals surface area contributed by atoms with Gasteiger partial charge < -0.3 is 15.2 Å². The van der Waals surface area contributed by atoms with Gasteiger partial charge in [0.1, 0.15) is 11.8 Å². The van der Waals surface area contributed by atoms with Crippen molar-refractivity contribution in [2.24, 2.45) is 0 Å². The lowest BCUT2D eigenvalue weighted by Gasteiger charge is -2.16. The Morgan fingerprint density at radius 1 is 1.12 bits per heavy atom. The van der Waals surface area contributed by atoms with Crippen molar-refractivity contribution in [1.82, 2.24) is 5.32 Å². The van der Waals surface area contributed by atoms with E-state index in [1.54, 1.807) is 24.3 Å². The van der Waals surface area contributed by atoms with Crippen LogP contribution in [-0.4, -0.2) is 40.1 Å². The molecular weight excluding hydrogens is 342 g/mol. The van der Waals surface area contributed by atoms with Gasteiger partial charge in [0.15, 0.2) is 0 Å². The highest BCUT2D eigenvalue weighted by Gasteiger charge is 2.23. The molecule has 0 aromatic heterocycles. The molecular formula is C18H19NO5S. The number of nitrogens with one attached hydrogen (secondary N) is 1. The molecule has 2 atom stereocenters. The molecule has 0 saturated carbocycles. The van der Waals surface area contributed by atoms with Gasteiger partial charge in [0.25, 0.3) is 5.91 Å². The van der Waals surface area contributed by atoms with Crippen molar-refractivity contribution in [1.29, 1.82) is 0 Å². The summed E-state index contributed by atoms with van der Waals surface area (Å²) in [7, 11) is -0.0447. The highest BCUT2D eigenvalue weighted by Crippen LogP contribution is 2.11. The summed E-state index contributed by atoms with van der Waals surface area (Å²) in [4.78, 5) is 24.8. The smallest absolute Gasteiger partial charge is 0.328 e. The van der Waals surface area contributed by atoms with E-state index in [2.05, 4.69) is 5.32 Å². The van der Waals surface area contributed by atoms with Crippen LogP contribution in [0.5, 0.6) is 5.75 Å². The Morgan fingerprint density at radius 2 is 1.76 bits per heavy atom. The summed E-state index contributed by atoms with van der Waals surface area (Å²) in [6, 6.07) is 13.7. The van der Waals surface area contributed by atoms with Crippen LogP contribution in [0.15, 0.2) is 59.5 Å². The summed E-state index contributed by atoms with van der Waals surface area (Å²) < 4.78 is 17.0. The number of esters is 1. The number of methoxy groups -OCH3 is 1. The molecule has 0 aliphatic heterocycles. The van der Waals surface area contributed by atoms with Gasteiger partial charge in [-0.25, -0.2) is 4.79 Å². The van der Waals surface area contributed by atoms with Crippen LogP contribution in [0, 0.1) is 0 Å². The van der Waals surface area contributed by atoms with Gasteiger partial charge in [-0.1, -0.05) is 18.2 Å². The van der Waals surface area contributed by atoms with Gasteiger partial charge in [-0.3, -0.25) is 9.00 Å². The van der Waals surface area contributed by atoms with Crippen LogP contribution in [0.3, 0.4) is 0 Å². The van der Waals surface area contributed by atoms with Crippen molar-refractivity contribution in [3.63, 3.8) is 0 Å². The minimum Gasteiger partial charge on any atom is -0.508 e. The van der Waals surface area contributed by atoms with Crippen LogP contribution >= 0.6 is 0 Å². The average molecular weight is 361 g/mol. The second kappa shape index (κ2) is 8.98. The molecule has 7 heteroatoms. The molecule has 0 fully saturated rings. The number of ether oxygens (including phenoxy) is 1. The maximum absolute atomic E-state index is 12.3. The van der Waals surface area contributed by atoms with Crippen LogP contribution in [-0.2, 0) is 20.3 Å². The Hall–Kier alpha value is -2.67. The molecule has 6 nitrogen and oxygen atoms in total. The molecule has 0 bridgehead atoms. The van der Waals surface area contributed by atoms with E-state index < -0.39 is 28.7 Å². The molecule has 0 saturated heterocycles. The Labute approximate surface area is 148 Å². The second-order valence-corrected chi connectivity index (χ2v) is 6.82. The quantitative estimate of drug-likeness (QED) is 0.735. The van der Waals surface area contributed by atoms with Gasteiger partial charge in [-0.15, -0.1) is 0 Å². The second-order valence-electron chi connectivity index (χ2n) is 5.25. The number of aromatic hydroxyl groups is 1. The third-order valence-electron chi connectivity index (χ3n) is 3.52. The SMILES string of the molecule is COC(=O)[C@@H](CC[S@](=O)c1ccccc1)NC(=O)c1ccc(O)cc1. The number of amides is 1. The third kappa shape index (κ3) is 5.42. The normalized spacial score (nSPS) is 12.8.